The van der Waals surface area contributed by atoms with Gasteiger partial charge in [-0.3, -0.25) is 9.67 Å². The van der Waals surface area contributed by atoms with E-state index in [1.165, 1.54) is 0 Å². The normalized spacial score (nSPS) is 10.8. The zero-order chi connectivity index (χ0) is 12.5. The number of aromatic nitrogens is 5. The first-order valence-corrected chi connectivity index (χ1v) is 5.78. The maximum Gasteiger partial charge on any atom is 0.133 e. The first-order chi connectivity index (χ1) is 8.75. The topological polar surface area (TPSA) is 48.5 Å². The number of hydrogen-bond acceptors (Lipinski definition) is 3. The molecule has 6 heteroatoms. The van der Waals surface area contributed by atoms with Crippen LogP contribution >= 0.6 is 11.6 Å². The molecule has 0 aliphatic rings. The summed E-state index contributed by atoms with van der Waals surface area (Å²) >= 11 is 6.19. The zero-order valence-corrected chi connectivity index (χ0v) is 10.4. The van der Waals surface area contributed by atoms with Gasteiger partial charge in [0.25, 0.3) is 0 Å². The third kappa shape index (κ3) is 1.78. The van der Waals surface area contributed by atoms with Gasteiger partial charge in [0.05, 0.1) is 17.6 Å². The van der Waals surface area contributed by atoms with Crippen LogP contribution in [0.25, 0.3) is 17.1 Å². The molecule has 0 unspecified atom stereocenters. The summed E-state index contributed by atoms with van der Waals surface area (Å²) in [7, 11) is 1.87. The van der Waals surface area contributed by atoms with Crippen molar-refractivity contribution in [1.82, 2.24) is 24.5 Å². The quantitative estimate of drug-likeness (QED) is 0.710. The van der Waals surface area contributed by atoms with Gasteiger partial charge in [-0.15, -0.1) is 0 Å². The van der Waals surface area contributed by atoms with Gasteiger partial charge in [0.1, 0.15) is 10.8 Å². The SMILES string of the molecule is Cn1nccc1-c1cc(Cl)n(-c2cccnc2)n1. The lowest BCUT2D eigenvalue weighted by Gasteiger charge is -2.01. The van der Waals surface area contributed by atoms with Crippen molar-refractivity contribution in [2.45, 2.75) is 0 Å². The Morgan fingerprint density at radius 1 is 1.22 bits per heavy atom. The van der Waals surface area contributed by atoms with Gasteiger partial charge in [-0.25, -0.2) is 4.68 Å². The predicted octanol–water partition coefficient (Wildman–Crippen LogP) is 2.32. The second-order valence-corrected chi connectivity index (χ2v) is 4.20. The molecule has 0 N–H and O–H groups in total. The smallest absolute Gasteiger partial charge is 0.133 e. The Bertz CT molecular complexity index is 671. The molecular formula is C12H10ClN5. The maximum absolute atomic E-state index is 6.19. The van der Waals surface area contributed by atoms with E-state index in [0.717, 1.165) is 17.1 Å². The predicted molar refractivity (Wildman–Crippen MR) is 68.6 cm³/mol. The van der Waals surface area contributed by atoms with E-state index in [4.69, 9.17) is 11.6 Å². The lowest BCUT2D eigenvalue weighted by molar-refractivity contribution is 0.769. The molecule has 0 saturated heterocycles. The standard InChI is InChI=1S/C12H10ClN5/c1-17-11(4-6-15-17)10-7-12(13)18(16-10)9-3-2-5-14-8-9/h2-8H,1H3. The molecule has 3 aromatic rings. The number of nitrogens with zero attached hydrogens (tertiary/aromatic N) is 5. The molecule has 3 heterocycles. The van der Waals surface area contributed by atoms with Crippen molar-refractivity contribution in [3.63, 3.8) is 0 Å². The molecule has 0 radical (unpaired) electrons. The van der Waals surface area contributed by atoms with Crippen LogP contribution in [0.15, 0.2) is 42.9 Å². The maximum atomic E-state index is 6.19. The highest BCUT2D eigenvalue weighted by atomic mass is 35.5. The minimum absolute atomic E-state index is 0.541. The molecule has 90 valence electrons. The van der Waals surface area contributed by atoms with Crippen LogP contribution in [0, 0.1) is 0 Å². The molecule has 0 aromatic carbocycles. The summed E-state index contributed by atoms with van der Waals surface area (Å²) in [6.45, 7) is 0. The van der Waals surface area contributed by atoms with Gasteiger partial charge in [-0.05, 0) is 18.2 Å². The van der Waals surface area contributed by atoms with Crippen LogP contribution in [0.5, 0.6) is 0 Å². The molecule has 0 atom stereocenters. The number of rotatable bonds is 2. The van der Waals surface area contributed by atoms with Crippen molar-refractivity contribution < 1.29 is 0 Å². The van der Waals surface area contributed by atoms with E-state index in [2.05, 4.69) is 15.2 Å². The molecular weight excluding hydrogens is 250 g/mol. The highest BCUT2D eigenvalue weighted by Gasteiger charge is 2.11. The van der Waals surface area contributed by atoms with E-state index in [1.807, 2.05) is 31.3 Å². The van der Waals surface area contributed by atoms with Gasteiger partial charge >= 0.3 is 0 Å². The Balaban J connectivity index is 2.10. The molecule has 18 heavy (non-hydrogen) atoms. The average molecular weight is 260 g/mol. The molecule has 0 bridgehead atoms. The average Bonchev–Trinajstić information content (AvgIpc) is 2.96. The Labute approximate surface area is 109 Å². The molecule has 0 fully saturated rings. The molecule has 0 aliphatic heterocycles. The van der Waals surface area contributed by atoms with E-state index < -0.39 is 0 Å². The van der Waals surface area contributed by atoms with Gasteiger partial charge in [0.2, 0.25) is 0 Å². The highest BCUT2D eigenvalue weighted by molar-refractivity contribution is 6.30. The fourth-order valence-electron chi connectivity index (χ4n) is 1.77. The van der Waals surface area contributed by atoms with Crippen LogP contribution in [0.2, 0.25) is 5.15 Å². The second kappa shape index (κ2) is 4.27. The van der Waals surface area contributed by atoms with E-state index >= 15 is 0 Å². The summed E-state index contributed by atoms with van der Waals surface area (Å²) in [5.74, 6) is 0. The zero-order valence-electron chi connectivity index (χ0n) is 9.66. The summed E-state index contributed by atoms with van der Waals surface area (Å²) in [6.07, 6.45) is 5.15. The lowest BCUT2D eigenvalue weighted by atomic mass is 10.3. The van der Waals surface area contributed by atoms with Crippen LogP contribution in [-0.2, 0) is 7.05 Å². The second-order valence-electron chi connectivity index (χ2n) is 3.82. The van der Waals surface area contributed by atoms with Crippen LogP contribution < -0.4 is 0 Å². The summed E-state index contributed by atoms with van der Waals surface area (Å²) < 4.78 is 3.41. The fraction of sp³-hybridized carbons (Fsp3) is 0.0833. The summed E-state index contributed by atoms with van der Waals surface area (Å²) in [4.78, 5) is 4.05. The number of pyridine rings is 1. The van der Waals surface area contributed by atoms with Crippen molar-refractivity contribution in [1.29, 1.82) is 0 Å². The molecule has 0 amide bonds. The first-order valence-electron chi connectivity index (χ1n) is 5.40. The summed E-state index contributed by atoms with van der Waals surface area (Å²) in [5.41, 5.74) is 2.53. The van der Waals surface area contributed by atoms with Crippen LogP contribution in [0.3, 0.4) is 0 Å². The largest absolute Gasteiger partial charge is 0.266 e. The fourth-order valence-corrected chi connectivity index (χ4v) is 2.01. The van der Waals surface area contributed by atoms with Crippen LogP contribution in [-0.4, -0.2) is 24.5 Å². The highest BCUT2D eigenvalue weighted by Crippen LogP contribution is 2.23. The van der Waals surface area contributed by atoms with Crippen LogP contribution in [0.4, 0.5) is 0 Å². The first kappa shape index (κ1) is 11.0. The molecule has 0 saturated carbocycles. The number of aryl methyl sites for hydroxylation is 1. The van der Waals surface area contributed by atoms with Gasteiger partial charge in [-0.2, -0.15) is 10.2 Å². The van der Waals surface area contributed by atoms with Gasteiger partial charge in [0, 0.05) is 25.5 Å². The van der Waals surface area contributed by atoms with Crippen molar-refractivity contribution in [3.05, 3.63) is 48.0 Å². The van der Waals surface area contributed by atoms with Crippen molar-refractivity contribution in [3.8, 4) is 17.1 Å². The Morgan fingerprint density at radius 2 is 2.11 bits per heavy atom. The molecule has 3 aromatic heterocycles. The van der Waals surface area contributed by atoms with Gasteiger partial charge in [-0.1, -0.05) is 11.6 Å². The summed E-state index contributed by atoms with van der Waals surface area (Å²) in [6, 6.07) is 7.45. The molecule has 5 nitrogen and oxygen atoms in total. The summed E-state index contributed by atoms with van der Waals surface area (Å²) in [5, 5.41) is 9.12. The minimum Gasteiger partial charge on any atom is -0.266 e. The minimum atomic E-state index is 0.541. The van der Waals surface area contributed by atoms with E-state index in [1.54, 1.807) is 28.0 Å². The number of hydrogen-bond donors (Lipinski definition) is 0. The third-order valence-electron chi connectivity index (χ3n) is 2.64. The van der Waals surface area contributed by atoms with E-state index in [9.17, 15) is 0 Å². The third-order valence-corrected chi connectivity index (χ3v) is 2.91. The van der Waals surface area contributed by atoms with Crippen molar-refractivity contribution >= 4 is 11.6 Å². The Morgan fingerprint density at radius 3 is 2.78 bits per heavy atom. The van der Waals surface area contributed by atoms with Crippen molar-refractivity contribution in [2.24, 2.45) is 7.05 Å². The molecule has 3 rings (SSSR count). The van der Waals surface area contributed by atoms with E-state index in [0.29, 0.717) is 5.15 Å². The van der Waals surface area contributed by atoms with Crippen LogP contribution in [0.1, 0.15) is 0 Å². The number of halogens is 1. The van der Waals surface area contributed by atoms with Gasteiger partial charge in [0.15, 0.2) is 0 Å². The molecule has 0 aliphatic carbocycles. The molecule has 0 spiro atoms. The Kier molecular flexibility index (Phi) is 2.60. The van der Waals surface area contributed by atoms with Gasteiger partial charge < -0.3 is 0 Å². The Hall–Kier alpha value is -2.14. The van der Waals surface area contributed by atoms with Crippen molar-refractivity contribution in [2.75, 3.05) is 0 Å². The lowest BCUT2D eigenvalue weighted by Crippen LogP contribution is -1.98. The monoisotopic (exact) mass is 259 g/mol. The van der Waals surface area contributed by atoms with E-state index in [-0.39, 0.29) is 0 Å².